The summed E-state index contributed by atoms with van der Waals surface area (Å²) in [6, 6.07) is -0.896. The van der Waals surface area contributed by atoms with Gasteiger partial charge in [-0.05, 0) is 38.0 Å². The van der Waals surface area contributed by atoms with E-state index >= 15 is 0 Å². The average molecular weight is 333 g/mol. The highest BCUT2D eigenvalue weighted by Gasteiger charge is 2.42. The number of halogens is 3. The molecule has 0 bridgehead atoms. The number of carbonyl (C=O) groups is 2. The van der Waals surface area contributed by atoms with E-state index in [1.54, 1.807) is 4.90 Å². The van der Waals surface area contributed by atoms with Crippen molar-refractivity contribution in [3.05, 3.63) is 0 Å². The topological polar surface area (TPSA) is 52.7 Å². The Labute approximate surface area is 133 Å². The maximum Gasteiger partial charge on any atom is 0.406 e. The van der Waals surface area contributed by atoms with Gasteiger partial charge in [-0.3, -0.25) is 4.79 Å². The molecule has 0 aromatic heterocycles. The van der Waals surface area contributed by atoms with Crippen molar-refractivity contribution in [1.29, 1.82) is 0 Å². The molecule has 5 nitrogen and oxygen atoms in total. The first kappa shape index (κ1) is 16.4. The van der Waals surface area contributed by atoms with E-state index in [0.29, 0.717) is 12.5 Å². The number of alkyl halides is 3. The summed E-state index contributed by atoms with van der Waals surface area (Å²) < 4.78 is 37.3. The first-order valence-corrected chi connectivity index (χ1v) is 8.28. The van der Waals surface area contributed by atoms with Gasteiger partial charge in [0.05, 0.1) is 0 Å². The van der Waals surface area contributed by atoms with E-state index in [1.807, 2.05) is 0 Å². The van der Waals surface area contributed by atoms with E-state index in [0.717, 1.165) is 37.0 Å². The minimum atomic E-state index is -4.40. The van der Waals surface area contributed by atoms with Gasteiger partial charge in [0, 0.05) is 19.1 Å². The molecule has 2 aliphatic heterocycles. The van der Waals surface area contributed by atoms with Gasteiger partial charge in [-0.2, -0.15) is 13.2 Å². The number of piperidine rings is 1. The van der Waals surface area contributed by atoms with Crippen molar-refractivity contribution < 1.29 is 22.8 Å². The van der Waals surface area contributed by atoms with Crippen molar-refractivity contribution in [3.8, 4) is 0 Å². The smallest absolute Gasteiger partial charge is 0.332 e. The van der Waals surface area contributed by atoms with E-state index in [9.17, 15) is 22.8 Å². The molecule has 0 spiro atoms. The van der Waals surface area contributed by atoms with Gasteiger partial charge in [-0.1, -0.05) is 6.42 Å². The SMILES string of the molecule is O=C1C(NC(=O)N2CCCC3CCCC32)CCN1CC(F)(F)F. The zero-order valence-corrected chi connectivity index (χ0v) is 12.9. The second-order valence-corrected chi connectivity index (χ2v) is 6.76. The Balaban J connectivity index is 1.57. The van der Waals surface area contributed by atoms with Gasteiger partial charge in [-0.25, -0.2) is 4.79 Å². The molecule has 8 heteroatoms. The molecule has 3 amide bonds. The van der Waals surface area contributed by atoms with Gasteiger partial charge >= 0.3 is 12.2 Å². The number of rotatable bonds is 2. The second-order valence-electron chi connectivity index (χ2n) is 6.76. The quantitative estimate of drug-likeness (QED) is 0.842. The van der Waals surface area contributed by atoms with Crippen LogP contribution in [0.2, 0.25) is 0 Å². The molecule has 3 aliphatic rings. The third-order valence-electron chi connectivity index (χ3n) is 5.22. The molecular formula is C15H22F3N3O2. The molecule has 2 heterocycles. The highest BCUT2D eigenvalue weighted by molar-refractivity contribution is 5.88. The number of hydrogen-bond acceptors (Lipinski definition) is 2. The summed E-state index contributed by atoms with van der Waals surface area (Å²) in [7, 11) is 0. The van der Waals surface area contributed by atoms with Crippen LogP contribution in [0.25, 0.3) is 0 Å². The van der Waals surface area contributed by atoms with Crippen molar-refractivity contribution in [2.45, 2.75) is 56.8 Å². The minimum absolute atomic E-state index is 0.0370. The molecule has 0 radical (unpaired) electrons. The zero-order chi connectivity index (χ0) is 16.6. The Morgan fingerprint density at radius 2 is 1.87 bits per heavy atom. The van der Waals surface area contributed by atoms with Crippen LogP contribution in [0.3, 0.4) is 0 Å². The van der Waals surface area contributed by atoms with Crippen molar-refractivity contribution in [2.24, 2.45) is 5.92 Å². The van der Waals surface area contributed by atoms with Crippen LogP contribution in [0.5, 0.6) is 0 Å². The number of nitrogens with zero attached hydrogens (tertiary/aromatic N) is 2. The summed E-state index contributed by atoms with van der Waals surface area (Å²) in [6.07, 6.45) is 1.15. The van der Waals surface area contributed by atoms with Crippen LogP contribution >= 0.6 is 0 Å². The fourth-order valence-electron chi connectivity index (χ4n) is 4.18. The lowest BCUT2D eigenvalue weighted by molar-refractivity contribution is -0.157. The third-order valence-corrected chi connectivity index (χ3v) is 5.22. The van der Waals surface area contributed by atoms with E-state index in [2.05, 4.69) is 5.32 Å². The Hall–Kier alpha value is -1.47. The summed E-state index contributed by atoms with van der Waals surface area (Å²) in [5.41, 5.74) is 0. The molecule has 1 aliphatic carbocycles. The Morgan fingerprint density at radius 3 is 2.61 bits per heavy atom. The molecule has 1 saturated carbocycles. The van der Waals surface area contributed by atoms with Gasteiger partial charge in [-0.15, -0.1) is 0 Å². The molecule has 2 saturated heterocycles. The van der Waals surface area contributed by atoms with Crippen LogP contribution in [0, 0.1) is 5.92 Å². The number of hydrogen-bond donors (Lipinski definition) is 1. The van der Waals surface area contributed by atoms with Crippen molar-refractivity contribution in [2.75, 3.05) is 19.6 Å². The molecule has 0 aromatic carbocycles. The summed E-state index contributed by atoms with van der Waals surface area (Å²) in [6.45, 7) is -0.540. The number of fused-ring (bicyclic) bond motifs is 1. The maximum atomic E-state index is 12.5. The first-order chi connectivity index (χ1) is 10.8. The number of urea groups is 1. The van der Waals surface area contributed by atoms with Gasteiger partial charge in [0.15, 0.2) is 0 Å². The summed E-state index contributed by atoms with van der Waals surface area (Å²) >= 11 is 0. The van der Waals surface area contributed by atoms with Crippen LogP contribution in [0.15, 0.2) is 0 Å². The van der Waals surface area contributed by atoms with E-state index in [1.165, 1.54) is 0 Å². The van der Waals surface area contributed by atoms with Gasteiger partial charge in [0.25, 0.3) is 0 Å². The van der Waals surface area contributed by atoms with Crippen LogP contribution < -0.4 is 5.32 Å². The third kappa shape index (κ3) is 3.55. The molecule has 3 unspecified atom stereocenters. The Kier molecular flexibility index (Phi) is 4.42. The lowest BCUT2D eigenvalue weighted by atomic mass is 9.92. The molecule has 0 aromatic rings. The molecule has 3 atom stereocenters. The first-order valence-electron chi connectivity index (χ1n) is 8.28. The average Bonchev–Trinajstić information content (AvgIpc) is 3.07. The van der Waals surface area contributed by atoms with Crippen molar-refractivity contribution >= 4 is 11.9 Å². The molecule has 1 N–H and O–H groups in total. The van der Waals surface area contributed by atoms with Crippen LogP contribution in [-0.2, 0) is 4.79 Å². The Bertz CT molecular complexity index is 483. The van der Waals surface area contributed by atoms with E-state index in [4.69, 9.17) is 0 Å². The second kappa shape index (κ2) is 6.20. The number of carbonyl (C=O) groups excluding carboxylic acids is 2. The van der Waals surface area contributed by atoms with Gasteiger partial charge in [0.1, 0.15) is 12.6 Å². The molecule has 3 rings (SSSR count). The highest BCUT2D eigenvalue weighted by Crippen LogP contribution is 2.36. The molecule has 3 fully saturated rings. The minimum Gasteiger partial charge on any atom is -0.332 e. The largest absolute Gasteiger partial charge is 0.406 e. The van der Waals surface area contributed by atoms with Crippen LogP contribution in [-0.4, -0.2) is 59.6 Å². The fourth-order valence-corrected chi connectivity index (χ4v) is 4.18. The summed E-state index contributed by atoms with van der Waals surface area (Å²) in [5, 5.41) is 2.66. The lowest BCUT2D eigenvalue weighted by Gasteiger charge is -2.38. The number of nitrogens with one attached hydrogen (secondary N) is 1. The predicted octanol–water partition coefficient (Wildman–Crippen LogP) is 2.12. The number of amides is 3. The summed E-state index contributed by atoms with van der Waals surface area (Å²) in [4.78, 5) is 27.0. The zero-order valence-electron chi connectivity index (χ0n) is 12.9. The molecular weight excluding hydrogens is 311 g/mol. The van der Waals surface area contributed by atoms with Crippen LogP contribution in [0.4, 0.5) is 18.0 Å². The van der Waals surface area contributed by atoms with Gasteiger partial charge in [0.2, 0.25) is 5.91 Å². The Morgan fingerprint density at radius 1 is 1.13 bits per heavy atom. The fraction of sp³-hybridized carbons (Fsp3) is 0.867. The van der Waals surface area contributed by atoms with E-state index in [-0.39, 0.29) is 25.0 Å². The maximum absolute atomic E-state index is 12.5. The van der Waals surface area contributed by atoms with Crippen molar-refractivity contribution in [3.63, 3.8) is 0 Å². The standard InChI is InChI=1S/C15H22F3N3O2/c16-15(17,18)9-20-8-6-11(13(20)22)19-14(23)21-7-2-4-10-3-1-5-12(10)21/h10-12H,1-9H2,(H,19,23). The van der Waals surface area contributed by atoms with Gasteiger partial charge < -0.3 is 15.1 Å². The predicted molar refractivity (Wildman–Crippen MR) is 76.6 cm³/mol. The highest BCUT2D eigenvalue weighted by atomic mass is 19.4. The van der Waals surface area contributed by atoms with Crippen molar-refractivity contribution in [1.82, 2.24) is 15.1 Å². The monoisotopic (exact) mass is 333 g/mol. The number of likely N-dealkylation sites (tertiary alicyclic amines) is 2. The molecule has 130 valence electrons. The normalized spacial score (nSPS) is 31.4. The lowest BCUT2D eigenvalue weighted by Crippen LogP contribution is -2.54. The van der Waals surface area contributed by atoms with Crippen LogP contribution in [0.1, 0.15) is 38.5 Å². The summed E-state index contributed by atoms with van der Waals surface area (Å²) in [5.74, 6) is -0.0915. The van der Waals surface area contributed by atoms with E-state index < -0.39 is 24.7 Å². The molecule has 23 heavy (non-hydrogen) atoms.